The minimum atomic E-state index is -3.03. The first-order valence-corrected chi connectivity index (χ1v) is 16.1. The number of ether oxygens (including phenoxy) is 1. The molecule has 0 spiro atoms. The highest BCUT2D eigenvalue weighted by Crippen LogP contribution is 2.26. The lowest BCUT2D eigenvalue weighted by Crippen LogP contribution is -2.55. The Morgan fingerprint density at radius 2 is 1.58 bits per heavy atom. The third-order valence-electron chi connectivity index (χ3n) is 8.39. The molecule has 0 aromatic heterocycles. The van der Waals surface area contributed by atoms with Gasteiger partial charge in [0, 0.05) is 31.5 Å². The SMILES string of the molecule is CC(C)[C@H](O)C(=O)N1C[C@H](OCc2ccc(-c3ccccc3)cc2)C[C@H]1C(=O)N[C@@H](CC(F)F)C(=O)NCCc1c(F)cc(C(=O)O)cc1F. The number of aliphatic hydroxyl groups is 1. The van der Waals surface area contributed by atoms with E-state index in [2.05, 4.69) is 10.6 Å². The van der Waals surface area contributed by atoms with Crippen molar-refractivity contribution in [3.05, 3.63) is 95.1 Å². The number of halogens is 4. The van der Waals surface area contributed by atoms with Gasteiger partial charge in [0.05, 0.1) is 18.3 Å². The van der Waals surface area contributed by atoms with E-state index in [-0.39, 0.29) is 19.6 Å². The molecule has 3 aromatic rings. The van der Waals surface area contributed by atoms with Gasteiger partial charge in [-0.2, -0.15) is 0 Å². The number of nitrogens with zero attached hydrogens (tertiary/aromatic N) is 1. The van der Waals surface area contributed by atoms with E-state index < -0.39 is 102 Å². The van der Waals surface area contributed by atoms with Crippen LogP contribution in [0.15, 0.2) is 66.7 Å². The van der Waals surface area contributed by atoms with Crippen LogP contribution in [0.2, 0.25) is 0 Å². The standard InChI is InChI=1S/C36H39F4N3O7/c1-20(2)32(44)35(47)43-18-25(50-19-21-8-10-23(11-9-21)22-6-4-3-5-7-22)16-30(43)34(46)42-29(17-31(39)40)33(45)41-13-12-26-27(37)14-24(36(48)49)15-28(26)38/h3-11,14-15,20,25,29-32,44H,12-13,16-19H2,1-2H3,(H,41,45)(H,42,46)(H,48,49)/t25-,29+,30+,32+/m1/s1. The maximum atomic E-state index is 14.3. The number of carbonyl (C=O) groups is 4. The van der Waals surface area contributed by atoms with Crippen LogP contribution in [0.5, 0.6) is 0 Å². The fourth-order valence-electron chi connectivity index (χ4n) is 5.58. The van der Waals surface area contributed by atoms with Crippen LogP contribution in [0.25, 0.3) is 11.1 Å². The number of alkyl halides is 2. The fourth-order valence-corrected chi connectivity index (χ4v) is 5.58. The maximum Gasteiger partial charge on any atom is 0.335 e. The molecule has 50 heavy (non-hydrogen) atoms. The number of nitrogens with one attached hydrogen (secondary N) is 2. The molecule has 0 aliphatic carbocycles. The maximum absolute atomic E-state index is 14.3. The average molecular weight is 702 g/mol. The van der Waals surface area contributed by atoms with E-state index in [9.17, 15) is 41.8 Å². The van der Waals surface area contributed by atoms with Crippen LogP contribution in [-0.4, -0.2) is 82.6 Å². The Morgan fingerprint density at radius 3 is 2.16 bits per heavy atom. The summed E-state index contributed by atoms with van der Waals surface area (Å²) in [7, 11) is 0. The molecule has 1 saturated heterocycles. The minimum Gasteiger partial charge on any atom is -0.478 e. The van der Waals surface area contributed by atoms with Gasteiger partial charge in [0.2, 0.25) is 18.2 Å². The molecule has 0 saturated carbocycles. The smallest absolute Gasteiger partial charge is 0.335 e. The van der Waals surface area contributed by atoms with E-state index in [1.54, 1.807) is 13.8 Å². The Hall–Kier alpha value is -4.82. The molecule has 3 aromatic carbocycles. The number of carboxylic acid groups (broad SMARTS) is 1. The van der Waals surface area contributed by atoms with Crippen molar-refractivity contribution in [2.75, 3.05) is 13.1 Å². The second kappa shape index (κ2) is 17.2. The van der Waals surface area contributed by atoms with Crippen molar-refractivity contribution in [1.29, 1.82) is 0 Å². The van der Waals surface area contributed by atoms with E-state index in [1.807, 2.05) is 54.6 Å². The van der Waals surface area contributed by atoms with E-state index in [4.69, 9.17) is 9.84 Å². The number of hydrogen-bond donors (Lipinski definition) is 4. The second-order valence-corrected chi connectivity index (χ2v) is 12.4. The summed E-state index contributed by atoms with van der Waals surface area (Å²) < 4.78 is 61.7. The van der Waals surface area contributed by atoms with Crippen molar-refractivity contribution < 1.29 is 51.7 Å². The van der Waals surface area contributed by atoms with Gasteiger partial charge in [-0.25, -0.2) is 22.4 Å². The van der Waals surface area contributed by atoms with Crippen LogP contribution in [0, 0.1) is 17.6 Å². The molecule has 1 fully saturated rings. The summed E-state index contributed by atoms with van der Waals surface area (Å²) in [5.41, 5.74) is 1.73. The summed E-state index contributed by atoms with van der Waals surface area (Å²) >= 11 is 0. The van der Waals surface area contributed by atoms with Gasteiger partial charge in [-0.3, -0.25) is 14.4 Å². The highest BCUT2D eigenvalue weighted by atomic mass is 19.3. The van der Waals surface area contributed by atoms with Crippen molar-refractivity contribution in [2.24, 2.45) is 5.92 Å². The molecule has 10 nitrogen and oxygen atoms in total. The fraction of sp³-hybridized carbons (Fsp3) is 0.389. The molecule has 4 rings (SSSR count). The van der Waals surface area contributed by atoms with Crippen molar-refractivity contribution in [2.45, 2.75) is 70.4 Å². The predicted octanol–water partition coefficient (Wildman–Crippen LogP) is 4.33. The van der Waals surface area contributed by atoms with E-state index >= 15 is 0 Å². The van der Waals surface area contributed by atoms with Crippen LogP contribution in [0.1, 0.15) is 48.2 Å². The quantitative estimate of drug-likeness (QED) is 0.173. The number of carbonyl (C=O) groups excluding carboxylic acids is 3. The zero-order valence-electron chi connectivity index (χ0n) is 27.5. The van der Waals surface area contributed by atoms with Crippen molar-refractivity contribution >= 4 is 23.7 Å². The van der Waals surface area contributed by atoms with E-state index in [0.29, 0.717) is 12.1 Å². The second-order valence-electron chi connectivity index (χ2n) is 12.4. The molecular weight excluding hydrogens is 662 g/mol. The minimum absolute atomic E-state index is 0.0433. The van der Waals surface area contributed by atoms with Crippen LogP contribution in [-0.2, 0) is 32.1 Å². The lowest BCUT2D eigenvalue weighted by molar-refractivity contribution is -0.147. The number of aliphatic hydroxyl groups excluding tert-OH is 1. The first kappa shape index (κ1) is 38.0. The Labute approximate surface area is 286 Å². The molecular formula is C36H39F4N3O7. The summed E-state index contributed by atoms with van der Waals surface area (Å²) in [6.45, 7) is 2.86. The number of aromatic carboxylic acids is 1. The van der Waals surface area contributed by atoms with Gasteiger partial charge in [-0.05, 0) is 41.2 Å². The topological polar surface area (TPSA) is 145 Å². The van der Waals surface area contributed by atoms with E-state index in [1.165, 1.54) is 0 Å². The van der Waals surface area contributed by atoms with Crippen LogP contribution < -0.4 is 10.6 Å². The molecule has 0 bridgehead atoms. The molecule has 0 unspecified atom stereocenters. The van der Waals surface area contributed by atoms with Gasteiger partial charge >= 0.3 is 5.97 Å². The summed E-state index contributed by atoms with van der Waals surface area (Å²) in [6.07, 6.45) is -6.73. The third kappa shape index (κ3) is 9.88. The van der Waals surface area contributed by atoms with Crippen LogP contribution in [0.3, 0.4) is 0 Å². The van der Waals surface area contributed by atoms with E-state index in [0.717, 1.165) is 21.6 Å². The first-order chi connectivity index (χ1) is 23.7. The number of likely N-dealkylation sites (tertiary alicyclic amines) is 1. The van der Waals surface area contributed by atoms with Gasteiger partial charge in [-0.1, -0.05) is 68.4 Å². The van der Waals surface area contributed by atoms with Gasteiger partial charge in [0.25, 0.3) is 5.91 Å². The lowest BCUT2D eigenvalue weighted by Gasteiger charge is -2.28. The summed E-state index contributed by atoms with van der Waals surface area (Å²) in [6, 6.07) is 15.6. The summed E-state index contributed by atoms with van der Waals surface area (Å²) in [5.74, 6) is -7.11. The number of hydrogen-bond acceptors (Lipinski definition) is 6. The molecule has 268 valence electrons. The highest BCUT2D eigenvalue weighted by Gasteiger charge is 2.43. The monoisotopic (exact) mass is 701 g/mol. The van der Waals surface area contributed by atoms with Crippen molar-refractivity contribution in [3.63, 3.8) is 0 Å². The Kier molecular flexibility index (Phi) is 13.1. The predicted molar refractivity (Wildman–Crippen MR) is 174 cm³/mol. The molecule has 1 heterocycles. The third-order valence-corrected chi connectivity index (χ3v) is 8.39. The molecule has 1 aliphatic rings. The number of carboxylic acids is 1. The normalized spacial score (nSPS) is 17.1. The molecule has 4 atom stereocenters. The number of rotatable bonds is 15. The Balaban J connectivity index is 1.42. The Bertz CT molecular complexity index is 1630. The zero-order chi connectivity index (χ0) is 36.5. The van der Waals surface area contributed by atoms with Crippen LogP contribution >= 0.6 is 0 Å². The zero-order valence-corrected chi connectivity index (χ0v) is 27.5. The summed E-state index contributed by atoms with van der Waals surface area (Å²) in [5, 5.41) is 24.0. The van der Waals surface area contributed by atoms with Gasteiger partial charge < -0.3 is 30.5 Å². The van der Waals surface area contributed by atoms with Gasteiger partial charge in [0.1, 0.15) is 29.8 Å². The molecule has 0 radical (unpaired) electrons. The largest absolute Gasteiger partial charge is 0.478 e. The number of amides is 3. The number of benzene rings is 3. The molecule has 3 amide bonds. The molecule has 14 heteroatoms. The first-order valence-electron chi connectivity index (χ1n) is 16.1. The average Bonchev–Trinajstić information content (AvgIpc) is 3.52. The van der Waals surface area contributed by atoms with Gasteiger partial charge in [-0.15, -0.1) is 0 Å². The van der Waals surface area contributed by atoms with Crippen molar-refractivity contribution in [3.8, 4) is 11.1 Å². The summed E-state index contributed by atoms with van der Waals surface area (Å²) in [4.78, 5) is 51.8. The van der Waals surface area contributed by atoms with Gasteiger partial charge in [0.15, 0.2) is 0 Å². The Morgan fingerprint density at radius 1 is 0.960 bits per heavy atom. The van der Waals surface area contributed by atoms with Crippen molar-refractivity contribution in [1.82, 2.24) is 15.5 Å². The lowest BCUT2D eigenvalue weighted by atomic mass is 10.0. The molecule has 1 aliphatic heterocycles. The highest BCUT2D eigenvalue weighted by molar-refractivity contribution is 5.93. The van der Waals surface area contributed by atoms with Crippen LogP contribution in [0.4, 0.5) is 17.6 Å². The molecule has 4 N–H and O–H groups in total.